The summed E-state index contributed by atoms with van der Waals surface area (Å²) in [6, 6.07) is 10.4. The van der Waals surface area contributed by atoms with Crippen LogP contribution in [0.5, 0.6) is 5.75 Å². The maximum Gasteiger partial charge on any atom is 0.307 e. The molecule has 1 N–H and O–H groups in total. The highest BCUT2D eigenvalue weighted by molar-refractivity contribution is 9.10. The summed E-state index contributed by atoms with van der Waals surface area (Å²) in [4.78, 5) is 12.2. The first-order valence-corrected chi connectivity index (χ1v) is 9.17. The first-order chi connectivity index (χ1) is 12.5. The quantitative estimate of drug-likeness (QED) is 0.398. The van der Waals surface area contributed by atoms with Crippen molar-refractivity contribution in [1.29, 1.82) is 0 Å². The van der Waals surface area contributed by atoms with Gasteiger partial charge in [0.15, 0.2) is 11.5 Å². The molecule has 0 radical (unpaired) electrons. The lowest BCUT2D eigenvalue weighted by Gasteiger charge is -2.08. The molecule has 0 fully saturated rings. The number of carbonyl (C=O) groups is 1. The molecule has 2 aromatic carbocycles. The Bertz CT molecular complexity index is 978. The van der Waals surface area contributed by atoms with Gasteiger partial charge in [-0.3, -0.25) is 4.79 Å². The topological polar surface area (TPSA) is 63.8 Å². The van der Waals surface area contributed by atoms with Crippen molar-refractivity contribution >= 4 is 62.2 Å². The maximum absolute atomic E-state index is 12.2. The summed E-state index contributed by atoms with van der Waals surface area (Å²) in [5, 5.41) is 5.47. The van der Waals surface area contributed by atoms with E-state index >= 15 is 0 Å². The van der Waals surface area contributed by atoms with Crippen LogP contribution in [0.25, 0.3) is 11.0 Å². The second-order valence-corrected chi connectivity index (χ2v) is 6.97. The second kappa shape index (κ2) is 8.12. The Morgan fingerprint density at radius 3 is 2.69 bits per heavy atom. The monoisotopic (exact) mass is 454 g/mol. The maximum atomic E-state index is 12.2. The molecule has 0 atom stereocenters. The van der Waals surface area contributed by atoms with Crippen LogP contribution in [0.1, 0.15) is 23.0 Å². The van der Waals surface area contributed by atoms with Crippen molar-refractivity contribution in [2.24, 2.45) is 5.10 Å². The SMILES string of the molecule is CCOc1c(Cl)cc(/C=N/NC(=O)c2cc3cc(Br)ccc3o2)cc1Cl. The lowest BCUT2D eigenvalue weighted by molar-refractivity contribution is 0.0929. The zero-order valence-corrected chi connectivity index (χ0v) is 16.7. The van der Waals surface area contributed by atoms with Crippen LogP contribution in [0.4, 0.5) is 0 Å². The molecule has 1 amide bonds. The van der Waals surface area contributed by atoms with E-state index in [1.54, 1.807) is 24.3 Å². The number of hydrazone groups is 1. The smallest absolute Gasteiger partial charge is 0.307 e. The highest BCUT2D eigenvalue weighted by Crippen LogP contribution is 2.33. The van der Waals surface area contributed by atoms with Crippen molar-refractivity contribution < 1.29 is 13.9 Å². The molecule has 1 aromatic heterocycles. The zero-order valence-electron chi connectivity index (χ0n) is 13.6. The Balaban J connectivity index is 1.72. The molecular weight excluding hydrogens is 443 g/mol. The van der Waals surface area contributed by atoms with Crippen LogP contribution in [0.2, 0.25) is 10.0 Å². The average Bonchev–Trinajstić information content (AvgIpc) is 3.01. The molecule has 0 aliphatic carbocycles. The van der Waals surface area contributed by atoms with E-state index in [2.05, 4.69) is 26.5 Å². The number of ether oxygens (including phenoxy) is 1. The Hall–Kier alpha value is -2.02. The van der Waals surface area contributed by atoms with Crippen molar-refractivity contribution in [2.45, 2.75) is 6.92 Å². The van der Waals surface area contributed by atoms with Crippen LogP contribution >= 0.6 is 39.1 Å². The van der Waals surface area contributed by atoms with Gasteiger partial charge in [-0.15, -0.1) is 0 Å². The largest absolute Gasteiger partial charge is 0.491 e. The van der Waals surface area contributed by atoms with Gasteiger partial charge in [0.2, 0.25) is 0 Å². The summed E-state index contributed by atoms with van der Waals surface area (Å²) < 4.78 is 11.8. The van der Waals surface area contributed by atoms with Crippen LogP contribution in [0, 0.1) is 0 Å². The third kappa shape index (κ3) is 4.20. The Morgan fingerprint density at radius 2 is 2.00 bits per heavy atom. The predicted octanol–water partition coefficient (Wildman–Crippen LogP) is 5.66. The molecule has 8 heteroatoms. The van der Waals surface area contributed by atoms with Gasteiger partial charge in [0.1, 0.15) is 5.58 Å². The molecule has 0 unspecified atom stereocenters. The molecule has 1 heterocycles. The van der Waals surface area contributed by atoms with Gasteiger partial charge < -0.3 is 9.15 Å². The summed E-state index contributed by atoms with van der Waals surface area (Å²) >= 11 is 15.6. The van der Waals surface area contributed by atoms with Crippen LogP contribution in [-0.4, -0.2) is 18.7 Å². The van der Waals surface area contributed by atoms with Crippen LogP contribution in [-0.2, 0) is 0 Å². The number of nitrogens with one attached hydrogen (secondary N) is 1. The number of carbonyl (C=O) groups excluding carboxylic acids is 1. The molecule has 0 aliphatic heterocycles. The lowest BCUT2D eigenvalue weighted by Crippen LogP contribution is -2.16. The van der Waals surface area contributed by atoms with Gasteiger partial charge in [0.05, 0.1) is 22.9 Å². The van der Waals surface area contributed by atoms with Gasteiger partial charge in [0, 0.05) is 9.86 Å². The highest BCUT2D eigenvalue weighted by atomic mass is 79.9. The number of benzene rings is 2. The van der Waals surface area contributed by atoms with Gasteiger partial charge in [-0.05, 0) is 48.9 Å². The summed E-state index contributed by atoms with van der Waals surface area (Å²) in [6.45, 7) is 2.30. The third-order valence-electron chi connectivity index (χ3n) is 3.39. The first-order valence-electron chi connectivity index (χ1n) is 7.62. The van der Waals surface area contributed by atoms with Crippen molar-refractivity contribution in [1.82, 2.24) is 5.43 Å². The van der Waals surface area contributed by atoms with Crippen LogP contribution < -0.4 is 10.2 Å². The van der Waals surface area contributed by atoms with Crippen molar-refractivity contribution in [3.63, 3.8) is 0 Å². The Morgan fingerprint density at radius 1 is 1.27 bits per heavy atom. The molecular formula is C18H13BrCl2N2O3. The van der Waals surface area contributed by atoms with E-state index in [0.717, 1.165) is 9.86 Å². The Labute approximate surface area is 168 Å². The van der Waals surface area contributed by atoms with Gasteiger partial charge in [-0.1, -0.05) is 39.1 Å². The number of amides is 1. The fourth-order valence-corrected chi connectivity index (χ4v) is 3.27. The van der Waals surface area contributed by atoms with Crippen molar-refractivity contribution in [3.8, 4) is 5.75 Å². The minimum absolute atomic E-state index is 0.165. The van der Waals surface area contributed by atoms with E-state index in [1.165, 1.54) is 6.21 Å². The summed E-state index contributed by atoms with van der Waals surface area (Å²) in [6.07, 6.45) is 1.44. The van der Waals surface area contributed by atoms with Crippen LogP contribution in [0.3, 0.4) is 0 Å². The molecule has 3 rings (SSSR count). The van der Waals surface area contributed by atoms with E-state index in [4.69, 9.17) is 32.4 Å². The molecule has 5 nitrogen and oxygen atoms in total. The minimum atomic E-state index is -0.461. The Kier molecular flexibility index (Phi) is 5.86. The van der Waals surface area contributed by atoms with E-state index in [-0.39, 0.29) is 5.76 Å². The molecule has 26 heavy (non-hydrogen) atoms. The number of halogens is 3. The molecule has 0 saturated heterocycles. The van der Waals surface area contributed by atoms with Gasteiger partial charge >= 0.3 is 5.91 Å². The molecule has 0 bridgehead atoms. The normalized spacial score (nSPS) is 11.2. The number of rotatable bonds is 5. The summed E-state index contributed by atoms with van der Waals surface area (Å²) in [7, 11) is 0. The fourth-order valence-electron chi connectivity index (χ4n) is 2.28. The van der Waals surface area contributed by atoms with E-state index < -0.39 is 5.91 Å². The number of nitrogens with zero attached hydrogens (tertiary/aromatic N) is 1. The number of furan rings is 1. The predicted molar refractivity (Wildman–Crippen MR) is 107 cm³/mol. The highest BCUT2D eigenvalue weighted by Gasteiger charge is 2.12. The minimum Gasteiger partial charge on any atom is -0.491 e. The standard InChI is InChI=1S/C18H13BrCl2N2O3/c1-2-25-17-13(20)5-10(6-14(17)21)9-22-23-18(24)16-8-11-7-12(19)3-4-15(11)26-16/h3-9H,2H2,1H3,(H,23,24)/b22-9+. The first kappa shape index (κ1) is 18.8. The van der Waals surface area contributed by atoms with Crippen molar-refractivity contribution in [3.05, 3.63) is 62.2 Å². The van der Waals surface area contributed by atoms with Gasteiger partial charge in [-0.2, -0.15) is 5.10 Å². The molecule has 3 aromatic rings. The molecule has 0 saturated carbocycles. The van der Waals surface area contributed by atoms with Crippen LogP contribution in [0.15, 0.2) is 50.4 Å². The van der Waals surface area contributed by atoms with Crippen molar-refractivity contribution in [2.75, 3.05) is 6.61 Å². The summed E-state index contributed by atoms with van der Waals surface area (Å²) in [5.41, 5.74) is 3.65. The second-order valence-electron chi connectivity index (χ2n) is 5.24. The molecule has 0 spiro atoms. The fraction of sp³-hybridized carbons (Fsp3) is 0.111. The third-order valence-corrected chi connectivity index (χ3v) is 4.45. The molecule has 134 valence electrons. The zero-order chi connectivity index (χ0) is 18.7. The van der Waals surface area contributed by atoms with Gasteiger partial charge in [-0.25, -0.2) is 5.43 Å². The number of hydrogen-bond donors (Lipinski definition) is 1. The average molecular weight is 456 g/mol. The van der Waals surface area contributed by atoms with E-state index in [0.29, 0.717) is 33.5 Å². The number of hydrogen-bond acceptors (Lipinski definition) is 4. The van der Waals surface area contributed by atoms with E-state index in [9.17, 15) is 4.79 Å². The van der Waals surface area contributed by atoms with E-state index in [1.807, 2.05) is 19.1 Å². The lowest BCUT2D eigenvalue weighted by atomic mass is 10.2. The van der Waals surface area contributed by atoms with Gasteiger partial charge in [0.25, 0.3) is 0 Å². The molecule has 0 aliphatic rings. The summed E-state index contributed by atoms with van der Waals surface area (Å²) in [5.74, 6) is 0.125. The number of fused-ring (bicyclic) bond motifs is 1.